The predicted molar refractivity (Wildman–Crippen MR) is 79.9 cm³/mol. The Morgan fingerprint density at radius 2 is 1.87 bits per heavy atom. The van der Waals surface area contributed by atoms with Gasteiger partial charge in [-0.05, 0) is 24.5 Å². The van der Waals surface area contributed by atoms with Crippen molar-refractivity contribution in [3.63, 3.8) is 0 Å². The number of carbonyl (C=O) groups excluding carboxylic acids is 1. The molecule has 7 nitrogen and oxygen atoms in total. The van der Waals surface area contributed by atoms with Crippen molar-refractivity contribution in [2.45, 2.75) is 25.4 Å². The van der Waals surface area contributed by atoms with E-state index in [0.29, 0.717) is 0 Å². The molecule has 0 bridgehead atoms. The quantitative estimate of drug-likeness (QED) is 0.802. The van der Waals surface area contributed by atoms with Crippen LogP contribution >= 0.6 is 0 Å². The molecule has 2 heterocycles. The predicted octanol–water partition coefficient (Wildman–Crippen LogP) is 1.33. The molecule has 1 aromatic carbocycles. The van der Waals surface area contributed by atoms with Crippen LogP contribution in [0.2, 0.25) is 0 Å². The molecule has 0 aliphatic carbocycles. The summed E-state index contributed by atoms with van der Waals surface area (Å²) >= 11 is 0. The van der Waals surface area contributed by atoms with Crippen LogP contribution in [-0.2, 0) is 9.59 Å². The number of hydrogen-bond acceptors (Lipinski definition) is 3. The molecule has 2 aliphatic heterocycles. The van der Waals surface area contributed by atoms with Gasteiger partial charge >= 0.3 is 12.1 Å². The van der Waals surface area contributed by atoms with Crippen molar-refractivity contribution < 1.29 is 24.6 Å². The van der Waals surface area contributed by atoms with Gasteiger partial charge in [0, 0.05) is 13.1 Å². The minimum absolute atomic E-state index is 0.136. The van der Waals surface area contributed by atoms with Crippen molar-refractivity contribution in [1.29, 1.82) is 0 Å². The highest BCUT2D eigenvalue weighted by Gasteiger charge is 2.51. The molecule has 1 aromatic rings. The first-order chi connectivity index (χ1) is 10.9. The molecule has 2 N–H and O–H groups in total. The van der Waals surface area contributed by atoms with Gasteiger partial charge in [-0.15, -0.1) is 0 Å². The Morgan fingerprint density at radius 1 is 1.17 bits per heavy atom. The van der Waals surface area contributed by atoms with Gasteiger partial charge in [-0.1, -0.05) is 24.3 Å². The highest BCUT2D eigenvalue weighted by Crippen LogP contribution is 2.40. The van der Waals surface area contributed by atoms with Crippen molar-refractivity contribution in [2.75, 3.05) is 13.1 Å². The van der Waals surface area contributed by atoms with E-state index in [1.807, 2.05) is 31.2 Å². The van der Waals surface area contributed by atoms with Crippen LogP contribution in [0.4, 0.5) is 4.79 Å². The average molecular weight is 318 g/mol. The molecule has 2 aliphatic rings. The summed E-state index contributed by atoms with van der Waals surface area (Å²) in [4.78, 5) is 38.1. The summed E-state index contributed by atoms with van der Waals surface area (Å²) in [5.41, 5.74) is 1.75. The Labute approximate surface area is 133 Å². The number of rotatable bonds is 2. The highest BCUT2D eigenvalue weighted by molar-refractivity contribution is 5.99. The van der Waals surface area contributed by atoms with Crippen LogP contribution < -0.4 is 0 Å². The SMILES string of the molecule is Cc1ccccc1C1C2CC(C(=O)O)C(=O)N2CCN1C(=O)O. The smallest absolute Gasteiger partial charge is 0.407 e. The van der Waals surface area contributed by atoms with Crippen molar-refractivity contribution in [3.05, 3.63) is 35.4 Å². The molecule has 0 radical (unpaired) electrons. The molecule has 122 valence electrons. The average Bonchev–Trinajstić information content (AvgIpc) is 2.84. The second-order valence-electron chi connectivity index (χ2n) is 6.00. The van der Waals surface area contributed by atoms with Gasteiger partial charge in [0.25, 0.3) is 0 Å². The highest BCUT2D eigenvalue weighted by atomic mass is 16.4. The van der Waals surface area contributed by atoms with Crippen LogP contribution in [0.25, 0.3) is 0 Å². The standard InChI is InChI=1S/C16H18N2O5/c1-9-4-2-3-5-10(9)13-12-8-11(15(20)21)14(19)17(12)6-7-18(13)16(22)23/h2-5,11-13H,6-8H2,1H3,(H,20,21)(H,22,23). The summed E-state index contributed by atoms with van der Waals surface area (Å²) in [7, 11) is 0. The van der Waals surface area contributed by atoms with Crippen molar-refractivity contribution in [2.24, 2.45) is 5.92 Å². The number of carboxylic acid groups (broad SMARTS) is 2. The normalized spacial score (nSPS) is 27.0. The summed E-state index contributed by atoms with van der Waals surface area (Å²) in [5.74, 6) is -2.64. The molecule has 2 amide bonds. The third-order valence-electron chi connectivity index (χ3n) is 4.79. The number of fused-ring (bicyclic) bond motifs is 1. The topological polar surface area (TPSA) is 98.2 Å². The maximum absolute atomic E-state index is 12.3. The van der Waals surface area contributed by atoms with Crippen molar-refractivity contribution in [1.82, 2.24) is 9.80 Å². The molecule has 3 atom stereocenters. The van der Waals surface area contributed by atoms with Crippen LogP contribution in [0.1, 0.15) is 23.6 Å². The van der Waals surface area contributed by atoms with Crippen LogP contribution in [0.3, 0.4) is 0 Å². The van der Waals surface area contributed by atoms with E-state index in [1.54, 1.807) is 0 Å². The summed E-state index contributed by atoms with van der Waals surface area (Å²) in [6.07, 6.45) is -0.916. The molecular weight excluding hydrogens is 300 g/mol. The van der Waals surface area contributed by atoms with Gasteiger partial charge in [-0.25, -0.2) is 4.79 Å². The summed E-state index contributed by atoms with van der Waals surface area (Å²) in [5, 5.41) is 18.8. The van der Waals surface area contributed by atoms with Gasteiger partial charge in [-0.2, -0.15) is 0 Å². The number of piperazine rings is 1. The Hall–Kier alpha value is -2.57. The van der Waals surface area contributed by atoms with Gasteiger partial charge in [0.15, 0.2) is 0 Å². The van der Waals surface area contributed by atoms with Gasteiger partial charge < -0.3 is 15.1 Å². The number of carboxylic acids is 1. The number of carbonyl (C=O) groups is 3. The summed E-state index contributed by atoms with van der Waals surface area (Å²) in [6.45, 7) is 2.31. The zero-order valence-corrected chi connectivity index (χ0v) is 12.7. The number of benzene rings is 1. The van der Waals surface area contributed by atoms with Crippen LogP contribution in [0, 0.1) is 12.8 Å². The monoisotopic (exact) mass is 318 g/mol. The number of nitrogens with zero attached hydrogens (tertiary/aromatic N) is 2. The first-order valence-electron chi connectivity index (χ1n) is 7.50. The fraction of sp³-hybridized carbons (Fsp3) is 0.438. The first-order valence-corrected chi connectivity index (χ1v) is 7.50. The van der Waals surface area contributed by atoms with E-state index >= 15 is 0 Å². The molecular formula is C16H18N2O5. The van der Waals surface area contributed by atoms with Crippen molar-refractivity contribution in [3.8, 4) is 0 Å². The lowest BCUT2D eigenvalue weighted by atomic mass is 9.89. The molecule has 0 aromatic heterocycles. The van der Waals surface area contributed by atoms with E-state index in [2.05, 4.69) is 0 Å². The number of aliphatic carboxylic acids is 1. The number of amides is 2. The summed E-state index contributed by atoms with van der Waals surface area (Å²) < 4.78 is 0. The minimum atomic E-state index is -1.14. The Balaban J connectivity index is 2.04. The van der Waals surface area contributed by atoms with Gasteiger partial charge in [0.2, 0.25) is 5.91 Å². The lowest BCUT2D eigenvalue weighted by molar-refractivity contribution is -0.148. The fourth-order valence-corrected chi connectivity index (χ4v) is 3.69. The van der Waals surface area contributed by atoms with E-state index in [-0.39, 0.29) is 19.5 Å². The molecule has 3 rings (SSSR count). The maximum atomic E-state index is 12.3. The third-order valence-corrected chi connectivity index (χ3v) is 4.79. The van der Waals surface area contributed by atoms with E-state index in [4.69, 9.17) is 0 Å². The molecule has 23 heavy (non-hydrogen) atoms. The number of aryl methyl sites for hydroxylation is 1. The second-order valence-corrected chi connectivity index (χ2v) is 6.00. The largest absolute Gasteiger partial charge is 0.481 e. The first kappa shape index (κ1) is 15.3. The van der Waals surface area contributed by atoms with E-state index in [9.17, 15) is 24.6 Å². The zero-order chi connectivity index (χ0) is 16.7. The van der Waals surface area contributed by atoms with Gasteiger partial charge in [-0.3, -0.25) is 14.5 Å². The zero-order valence-electron chi connectivity index (χ0n) is 12.7. The molecule has 0 spiro atoms. The molecule has 0 saturated carbocycles. The Kier molecular flexibility index (Phi) is 3.71. The fourth-order valence-electron chi connectivity index (χ4n) is 3.69. The lowest BCUT2D eigenvalue weighted by Crippen LogP contribution is -2.55. The van der Waals surface area contributed by atoms with Gasteiger partial charge in [0.1, 0.15) is 5.92 Å². The number of hydrogen-bond donors (Lipinski definition) is 2. The van der Waals surface area contributed by atoms with E-state index < -0.39 is 36.0 Å². The second kappa shape index (κ2) is 5.57. The van der Waals surface area contributed by atoms with Crippen molar-refractivity contribution >= 4 is 18.0 Å². The van der Waals surface area contributed by atoms with E-state index in [1.165, 1.54) is 9.80 Å². The Bertz CT molecular complexity index is 674. The molecule has 3 unspecified atom stereocenters. The van der Waals surface area contributed by atoms with E-state index in [0.717, 1.165) is 11.1 Å². The minimum Gasteiger partial charge on any atom is -0.481 e. The molecule has 2 saturated heterocycles. The van der Waals surface area contributed by atoms with Gasteiger partial charge in [0.05, 0.1) is 12.1 Å². The molecule has 2 fully saturated rings. The third kappa shape index (κ3) is 2.42. The Morgan fingerprint density at radius 3 is 2.48 bits per heavy atom. The summed E-state index contributed by atoms with van der Waals surface area (Å²) in [6, 6.07) is 6.46. The lowest BCUT2D eigenvalue weighted by Gasteiger charge is -2.44. The van der Waals surface area contributed by atoms with Crippen LogP contribution in [-0.4, -0.2) is 57.1 Å². The molecule has 7 heteroatoms. The van der Waals surface area contributed by atoms with Crippen LogP contribution in [0.15, 0.2) is 24.3 Å². The van der Waals surface area contributed by atoms with Crippen LogP contribution in [0.5, 0.6) is 0 Å². The maximum Gasteiger partial charge on any atom is 0.407 e.